The van der Waals surface area contributed by atoms with Crippen LogP contribution in [-0.2, 0) is 11.5 Å². The lowest BCUT2D eigenvalue weighted by atomic mass is 10.5. The lowest BCUT2D eigenvalue weighted by Crippen LogP contribution is -1.79. The maximum absolute atomic E-state index is 4.77. The van der Waals surface area contributed by atoms with Crippen LogP contribution in [-0.4, -0.2) is 20.5 Å². The van der Waals surface area contributed by atoms with Crippen LogP contribution in [0.15, 0.2) is 42.4 Å². The molecule has 0 saturated heterocycles. The summed E-state index contributed by atoms with van der Waals surface area (Å²) in [6, 6.07) is 3.68. The van der Waals surface area contributed by atoms with Gasteiger partial charge in [-0.1, -0.05) is 45.2 Å². The van der Waals surface area contributed by atoms with E-state index >= 15 is 0 Å². The third kappa shape index (κ3) is 3.58. The molecule has 0 radical (unpaired) electrons. The van der Waals surface area contributed by atoms with Crippen molar-refractivity contribution in [2.75, 3.05) is 0 Å². The maximum Gasteiger partial charge on any atom is 0.175 e. The van der Waals surface area contributed by atoms with Crippen LogP contribution in [0.3, 0.4) is 0 Å². The van der Waals surface area contributed by atoms with Crippen LogP contribution in [0.5, 0.6) is 0 Å². The Kier molecular flexibility index (Phi) is 4.16. The number of thioether (sulfide) groups is 2. The molecule has 0 unspecified atom stereocenters. The Morgan fingerprint density at radius 1 is 0.895 bits per heavy atom. The Morgan fingerprint density at radius 3 is 1.84 bits per heavy atom. The quantitative estimate of drug-likeness (QED) is 0.642. The van der Waals surface area contributed by atoms with Crippen molar-refractivity contribution in [1.82, 2.24) is 20.5 Å². The molecule has 0 bridgehead atoms. The first-order chi connectivity index (χ1) is 9.40. The third-order valence-corrected chi connectivity index (χ3v) is 5.31. The number of nitrogens with zero attached hydrogens (tertiary/aromatic N) is 4. The van der Waals surface area contributed by atoms with Gasteiger partial charge in [-0.2, -0.15) is 0 Å². The van der Waals surface area contributed by atoms with Crippen molar-refractivity contribution < 1.29 is 9.05 Å². The second-order valence-corrected chi connectivity index (χ2v) is 6.82. The minimum atomic E-state index is 0.735. The average Bonchev–Trinajstić information content (AvgIpc) is 3.16. The van der Waals surface area contributed by atoms with Crippen molar-refractivity contribution in [2.45, 2.75) is 20.2 Å². The molecular weight excluding hydrogens is 304 g/mol. The molecule has 0 amide bonds. The fraction of sp³-hybridized carbons (Fsp3) is 0.200. The van der Waals surface area contributed by atoms with Gasteiger partial charge in [-0.3, -0.25) is 0 Å². The highest BCUT2D eigenvalue weighted by Gasteiger charge is 2.08. The van der Waals surface area contributed by atoms with Gasteiger partial charge < -0.3 is 9.05 Å². The molecule has 0 aliphatic carbocycles. The summed E-state index contributed by atoms with van der Waals surface area (Å²) >= 11 is 4.76. The monoisotopic (exact) mass is 312 g/mol. The zero-order valence-electron chi connectivity index (χ0n) is 9.55. The summed E-state index contributed by atoms with van der Waals surface area (Å²) in [5, 5.41) is 15.9. The smallest absolute Gasteiger partial charge is 0.175 e. The number of hydrogen-bond acceptors (Lipinski definition) is 9. The number of rotatable bonds is 6. The van der Waals surface area contributed by atoms with Crippen molar-refractivity contribution in [1.29, 1.82) is 0 Å². The zero-order valence-corrected chi connectivity index (χ0v) is 12.0. The van der Waals surface area contributed by atoms with E-state index in [1.54, 1.807) is 47.4 Å². The van der Waals surface area contributed by atoms with Crippen LogP contribution in [0.1, 0.15) is 11.4 Å². The van der Waals surface area contributed by atoms with E-state index in [2.05, 4.69) is 20.5 Å². The van der Waals surface area contributed by atoms with Gasteiger partial charge >= 0.3 is 0 Å². The zero-order chi connectivity index (χ0) is 12.9. The van der Waals surface area contributed by atoms with E-state index in [0.29, 0.717) is 0 Å². The Labute approximate surface area is 121 Å². The highest BCUT2D eigenvalue weighted by molar-refractivity contribution is 8.02. The Hall–Kier alpha value is -1.32. The molecule has 98 valence electrons. The molecule has 0 aliphatic rings. The van der Waals surface area contributed by atoms with Crippen LogP contribution in [0.25, 0.3) is 0 Å². The lowest BCUT2D eigenvalue weighted by Gasteiger charge is -1.91. The SMILES string of the molecule is c1cc(CSc2nnc(SCc3ccon3)s2)no1. The van der Waals surface area contributed by atoms with Crippen LogP contribution in [0.2, 0.25) is 0 Å². The van der Waals surface area contributed by atoms with Crippen LogP contribution in [0.4, 0.5) is 0 Å². The predicted octanol–water partition coefficient (Wildman–Crippen LogP) is 3.10. The summed E-state index contributed by atoms with van der Waals surface area (Å²) in [6.07, 6.45) is 3.13. The van der Waals surface area contributed by atoms with Crippen molar-refractivity contribution >= 4 is 34.9 Å². The normalized spacial score (nSPS) is 10.9. The standard InChI is InChI=1S/C10H8N4O2S3/c1-3-15-13-7(1)5-17-9-11-12-10(19-9)18-6-8-2-4-16-14-8/h1-4H,5-6H2. The lowest BCUT2D eigenvalue weighted by molar-refractivity contribution is 0.414. The van der Waals surface area contributed by atoms with Crippen LogP contribution < -0.4 is 0 Å². The van der Waals surface area contributed by atoms with E-state index in [4.69, 9.17) is 9.05 Å². The molecule has 3 rings (SSSR count). The van der Waals surface area contributed by atoms with E-state index in [-0.39, 0.29) is 0 Å². The molecule has 0 aliphatic heterocycles. The summed E-state index contributed by atoms with van der Waals surface area (Å²) < 4.78 is 11.4. The van der Waals surface area contributed by atoms with Gasteiger partial charge in [-0.15, -0.1) is 10.2 Å². The van der Waals surface area contributed by atoms with Crippen molar-refractivity contribution in [3.8, 4) is 0 Å². The van der Waals surface area contributed by atoms with Gasteiger partial charge in [0.25, 0.3) is 0 Å². The Balaban J connectivity index is 1.51. The number of aromatic nitrogens is 4. The molecule has 6 nitrogen and oxygen atoms in total. The summed E-state index contributed by atoms with van der Waals surface area (Å²) in [5.41, 5.74) is 1.80. The third-order valence-electron chi connectivity index (χ3n) is 2.06. The molecule has 0 spiro atoms. The first-order valence-electron chi connectivity index (χ1n) is 5.28. The summed E-state index contributed by atoms with van der Waals surface area (Å²) in [5.74, 6) is 1.47. The van der Waals surface area contributed by atoms with Gasteiger partial charge in [-0.05, 0) is 0 Å². The van der Waals surface area contributed by atoms with E-state index < -0.39 is 0 Å². The highest BCUT2D eigenvalue weighted by atomic mass is 32.2. The van der Waals surface area contributed by atoms with Gasteiger partial charge in [0.15, 0.2) is 8.68 Å². The van der Waals surface area contributed by atoms with Gasteiger partial charge in [0.05, 0.1) is 11.4 Å². The molecular formula is C10H8N4O2S3. The molecule has 3 aromatic heterocycles. The minimum Gasteiger partial charge on any atom is -0.364 e. The van der Waals surface area contributed by atoms with E-state index in [1.807, 2.05) is 12.1 Å². The van der Waals surface area contributed by atoms with E-state index in [1.165, 1.54) is 0 Å². The Morgan fingerprint density at radius 2 is 1.42 bits per heavy atom. The second-order valence-electron chi connectivity index (χ2n) is 3.39. The fourth-order valence-electron chi connectivity index (χ4n) is 1.21. The molecule has 0 saturated carbocycles. The van der Waals surface area contributed by atoms with Gasteiger partial charge in [0, 0.05) is 23.6 Å². The van der Waals surface area contributed by atoms with Crippen molar-refractivity contribution in [3.63, 3.8) is 0 Å². The molecule has 0 N–H and O–H groups in total. The molecule has 0 fully saturated rings. The fourth-order valence-corrected chi connectivity index (χ4v) is 4.02. The van der Waals surface area contributed by atoms with Gasteiger partial charge in [0.2, 0.25) is 0 Å². The van der Waals surface area contributed by atoms with Crippen LogP contribution in [0, 0.1) is 0 Å². The Bertz CT molecular complexity index is 556. The highest BCUT2D eigenvalue weighted by Crippen LogP contribution is 2.31. The summed E-state index contributed by atoms with van der Waals surface area (Å²) in [4.78, 5) is 0. The molecule has 3 aromatic rings. The first kappa shape index (κ1) is 12.7. The average molecular weight is 312 g/mol. The number of hydrogen-bond donors (Lipinski definition) is 0. The molecule has 9 heteroatoms. The van der Waals surface area contributed by atoms with Gasteiger partial charge in [0.1, 0.15) is 12.5 Å². The molecule has 0 atom stereocenters. The van der Waals surface area contributed by atoms with E-state index in [0.717, 1.165) is 31.6 Å². The topological polar surface area (TPSA) is 77.8 Å². The summed E-state index contributed by atoms with van der Waals surface area (Å²) in [6.45, 7) is 0. The van der Waals surface area contributed by atoms with E-state index in [9.17, 15) is 0 Å². The predicted molar refractivity (Wildman–Crippen MR) is 72.0 cm³/mol. The molecule has 19 heavy (non-hydrogen) atoms. The molecule has 3 heterocycles. The first-order valence-corrected chi connectivity index (χ1v) is 8.06. The minimum absolute atomic E-state index is 0.735. The van der Waals surface area contributed by atoms with Crippen molar-refractivity contribution in [2.24, 2.45) is 0 Å². The van der Waals surface area contributed by atoms with Crippen LogP contribution >= 0.6 is 34.9 Å². The largest absolute Gasteiger partial charge is 0.364 e. The van der Waals surface area contributed by atoms with Crippen molar-refractivity contribution in [3.05, 3.63) is 36.0 Å². The second kappa shape index (κ2) is 6.22. The van der Waals surface area contributed by atoms with Gasteiger partial charge in [-0.25, -0.2) is 0 Å². The molecule has 0 aromatic carbocycles. The maximum atomic E-state index is 4.77. The summed E-state index contributed by atoms with van der Waals surface area (Å²) in [7, 11) is 0.